The Bertz CT molecular complexity index is 1110. The van der Waals surface area contributed by atoms with Crippen LogP contribution in [0.3, 0.4) is 0 Å². The van der Waals surface area contributed by atoms with Crippen LogP contribution >= 0.6 is 11.6 Å². The number of hydrogen-bond donors (Lipinski definition) is 3. The number of ether oxygens (including phenoxy) is 2. The van der Waals surface area contributed by atoms with Gasteiger partial charge in [-0.25, -0.2) is 4.79 Å². The summed E-state index contributed by atoms with van der Waals surface area (Å²) in [7, 11) is 3.13. The second-order valence-corrected chi connectivity index (χ2v) is 7.73. The summed E-state index contributed by atoms with van der Waals surface area (Å²) in [6, 6.07) is 9.46. The van der Waals surface area contributed by atoms with Gasteiger partial charge in [0, 0.05) is 18.4 Å². The molecule has 0 aliphatic carbocycles. The van der Waals surface area contributed by atoms with Crippen molar-refractivity contribution < 1.29 is 19.4 Å². The fourth-order valence-electron chi connectivity index (χ4n) is 4.21. The molecule has 29 heavy (non-hydrogen) atoms. The lowest BCUT2D eigenvalue weighted by molar-refractivity contribution is -0.145. The number of hydrogen-bond acceptors (Lipinski definition) is 4. The van der Waals surface area contributed by atoms with E-state index in [1.807, 2.05) is 31.2 Å². The van der Waals surface area contributed by atoms with Gasteiger partial charge in [0.15, 0.2) is 17.0 Å². The molecule has 2 heterocycles. The number of nitrogens with one attached hydrogen (secondary N) is 2. The topological polar surface area (TPSA) is 83.6 Å². The average molecular weight is 415 g/mol. The van der Waals surface area contributed by atoms with E-state index in [1.54, 1.807) is 20.3 Å². The molecular formula is C22H23ClN2O4. The van der Waals surface area contributed by atoms with Gasteiger partial charge in [-0.2, -0.15) is 0 Å². The summed E-state index contributed by atoms with van der Waals surface area (Å²) in [5.41, 5.74) is 2.94. The maximum absolute atomic E-state index is 12.6. The number of carbonyl (C=O) groups is 1. The van der Waals surface area contributed by atoms with Crippen LogP contribution in [-0.4, -0.2) is 36.8 Å². The van der Waals surface area contributed by atoms with Gasteiger partial charge < -0.3 is 19.6 Å². The van der Waals surface area contributed by atoms with Crippen LogP contribution in [0.15, 0.2) is 30.3 Å². The maximum Gasteiger partial charge on any atom is 0.330 e. The minimum absolute atomic E-state index is 0.249. The van der Waals surface area contributed by atoms with Crippen LogP contribution in [0.4, 0.5) is 0 Å². The Morgan fingerprint density at radius 3 is 2.66 bits per heavy atom. The number of rotatable bonds is 5. The number of methoxy groups -OCH3 is 2. The van der Waals surface area contributed by atoms with Crippen LogP contribution in [0.5, 0.6) is 11.5 Å². The van der Waals surface area contributed by atoms with Gasteiger partial charge in [-0.3, -0.25) is 5.32 Å². The molecule has 6 nitrogen and oxygen atoms in total. The van der Waals surface area contributed by atoms with Crippen molar-refractivity contribution in [1.29, 1.82) is 0 Å². The highest BCUT2D eigenvalue weighted by molar-refractivity contribution is 6.36. The third-order valence-electron chi connectivity index (χ3n) is 5.72. The molecule has 2 aromatic carbocycles. The van der Waals surface area contributed by atoms with Crippen molar-refractivity contribution in [3.63, 3.8) is 0 Å². The van der Waals surface area contributed by atoms with Crippen molar-refractivity contribution in [2.75, 3.05) is 20.8 Å². The van der Waals surface area contributed by atoms with Gasteiger partial charge in [0.2, 0.25) is 0 Å². The first-order valence-corrected chi connectivity index (χ1v) is 9.78. The standard InChI is InChI=1S/C22H23ClN2O4/c1-12-4-6-14-15-8-9-24-22(21(26)27,20(15)25-19(14)18(12)23)11-13-5-7-16(28-2)17(10-13)29-3/h4-7,10,24-25H,8-9,11H2,1-3H3,(H,26,27). The first kappa shape index (κ1) is 19.6. The molecule has 1 aromatic heterocycles. The van der Waals surface area contributed by atoms with E-state index in [9.17, 15) is 9.90 Å². The molecule has 152 valence electrons. The largest absolute Gasteiger partial charge is 0.493 e. The molecule has 0 saturated carbocycles. The summed E-state index contributed by atoms with van der Waals surface area (Å²) in [4.78, 5) is 15.9. The quantitative estimate of drug-likeness (QED) is 0.591. The van der Waals surface area contributed by atoms with E-state index in [0.29, 0.717) is 28.8 Å². The van der Waals surface area contributed by atoms with Crippen molar-refractivity contribution in [1.82, 2.24) is 10.3 Å². The van der Waals surface area contributed by atoms with Gasteiger partial charge in [-0.1, -0.05) is 29.8 Å². The highest BCUT2D eigenvalue weighted by Gasteiger charge is 2.46. The minimum Gasteiger partial charge on any atom is -0.493 e. The molecule has 1 aliphatic heterocycles. The molecule has 3 aromatic rings. The van der Waals surface area contributed by atoms with Crippen molar-refractivity contribution in [2.24, 2.45) is 0 Å². The number of carboxylic acid groups (broad SMARTS) is 1. The normalized spacial score (nSPS) is 18.5. The number of aliphatic carboxylic acids is 1. The predicted molar refractivity (Wildman–Crippen MR) is 112 cm³/mol. The first-order valence-electron chi connectivity index (χ1n) is 9.40. The summed E-state index contributed by atoms with van der Waals surface area (Å²) < 4.78 is 10.7. The molecule has 7 heteroatoms. The second-order valence-electron chi connectivity index (χ2n) is 7.35. The zero-order valence-electron chi connectivity index (χ0n) is 16.6. The van der Waals surface area contributed by atoms with Gasteiger partial charge in [-0.15, -0.1) is 0 Å². The third kappa shape index (κ3) is 3.03. The van der Waals surface area contributed by atoms with E-state index in [-0.39, 0.29) is 6.42 Å². The monoisotopic (exact) mass is 414 g/mol. The zero-order valence-corrected chi connectivity index (χ0v) is 17.3. The molecule has 1 unspecified atom stereocenters. The summed E-state index contributed by atoms with van der Waals surface area (Å²) in [6.45, 7) is 2.50. The maximum atomic E-state index is 12.6. The molecule has 4 rings (SSSR count). The van der Waals surface area contributed by atoms with Gasteiger partial charge in [-0.05, 0) is 42.2 Å². The smallest absolute Gasteiger partial charge is 0.330 e. The zero-order chi connectivity index (χ0) is 20.8. The third-order valence-corrected chi connectivity index (χ3v) is 6.21. The van der Waals surface area contributed by atoms with Crippen molar-refractivity contribution in [3.05, 3.63) is 57.7 Å². The number of aryl methyl sites for hydroxylation is 1. The molecule has 3 N–H and O–H groups in total. The fourth-order valence-corrected chi connectivity index (χ4v) is 4.42. The van der Waals surface area contributed by atoms with Gasteiger partial charge in [0.1, 0.15) is 0 Å². The Morgan fingerprint density at radius 1 is 1.21 bits per heavy atom. The van der Waals surface area contributed by atoms with Crippen LogP contribution in [0, 0.1) is 6.92 Å². The highest BCUT2D eigenvalue weighted by Crippen LogP contribution is 2.40. The Kier molecular flexibility index (Phi) is 4.92. The fraction of sp³-hybridized carbons (Fsp3) is 0.318. The summed E-state index contributed by atoms with van der Waals surface area (Å²) in [5.74, 6) is 0.232. The molecule has 0 fully saturated rings. The summed E-state index contributed by atoms with van der Waals surface area (Å²) in [6.07, 6.45) is 0.981. The van der Waals surface area contributed by atoms with Crippen LogP contribution in [0.2, 0.25) is 5.02 Å². The number of carboxylic acids is 1. The molecule has 0 spiro atoms. The minimum atomic E-state index is -1.29. The Hall–Kier alpha value is -2.70. The Balaban J connectivity index is 1.87. The molecule has 1 atom stereocenters. The lowest BCUT2D eigenvalue weighted by atomic mass is 9.82. The van der Waals surface area contributed by atoms with E-state index in [2.05, 4.69) is 10.3 Å². The SMILES string of the molecule is COc1ccc(CC2(C(=O)O)NCCc3c2[nH]c2c(Cl)c(C)ccc32)cc1OC. The lowest BCUT2D eigenvalue weighted by Crippen LogP contribution is -2.54. The van der Waals surface area contributed by atoms with Crippen molar-refractivity contribution in [3.8, 4) is 11.5 Å². The molecule has 0 radical (unpaired) electrons. The number of benzene rings is 2. The molecule has 0 saturated heterocycles. The van der Waals surface area contributed by atoms with Crippen LogP contribution in [-0.2, 0) is 23.2 Å². The van der Waals surface area contributed by atoms with E-state index in [1.165, 1.54) is 0 Å². The first-order chi connectivity index (χ1) is 13.9. The Labute approximate surface area is 173 Å². The molecular weight excluding hydrogens is 392 g/mol. The van der Waals surface area contributed by atoms with Gasteiger partial charge in [0.05, 0.1) is 30.5 Å². The van der Waals surface area contributed by atoms with E-state index >= 15 is 0 Å². The molecule has 0 amide bonds. The van der Waals surface area contributed by atoms with Crippen LogP contribution in [0.25, 0.3) is 10.9 Å². The average Bonchev–Trinajstić information content (AvgIpc) is 3.11. The van der Waals surface area contributed by atoms with Crippen LogP contribution in [0.1, 0.15) is 22.4 Å². The highest BCUT2D eigenvalue weighted by atomic mass is 35.5. The lowest BCUT2D eigenvalue weighted by Gasteiger charge is -2.35. The number of aromatic nitrogens is 1. The second kappa shape index (κ2) is 7.28. The van der Waals surface area contributed by atoms with E-state index in [4.69, 9.17) is 21.1 Å². The number of H-pyrrole nitrogens is 1. The molecule has 1 aliphatic rings. The predicted octanol–water partition coefficient (Wildman–Crippen LogP) is 3.82. The van der Waals surface area contributed by atoms with Crippen molar-refractivity contribution in [2.45, 2.75) is 25.3 Å². The van der Waals surface area contributed by atoms with Gasteiger partial charge >= 0.3 is 5.97 Å². The number of fused-ring (bicyclic) bond motifs is 3. The van der Waals surface area contributed by atoms with Gasteiger partial charge in [0.25, 0.3) is 0 Å². The number of aromatic amines is 1. The molecule has 0 bridgehead atoms. The Morgan fingerprint density at radius 2 is 1.97 bits per heavy atom. The van der Waals surface area contributed by atoms with E-state index < -0.39 is 11.5 Å². The number of halogens is 1. The van der Waals surface area contributed by atoms with Crippen LogP contribution < -0.4 is 14.8 Å². The van der Waals surface area contributed by atoms with E-state index in [0.717, 1.165) is 34.0 Å². The van der Waals surface area contributed by atoms with Crippen molar-refractivity contribution >= 4 is 28.5 Å². The summed E-state index contributed by atoms with van der Waals surface area (Å²) in [5, 5.41) is 15.2. The summed E-state index contributed by atoms with van der Waals surface area (Å²) >= 11 is 6.52.